The number of benzene rings is 1. The molecule has 1 aromatic carbocycles. The van der Waals surface area contributed by atoms with Crippen LogP contribution in [0.1, 0.15) is 25.8 Å². The first-order chi connectivity index (χ1) is 11.0. The first-order valence-corrected chi connectivity index (χ1v) is 8.32. The smallest absolute Gasteiger partial charge is 0.174 e. The van der Waals surface area contributed by atoms with Gasteiger partial charge in [0.1, 0.15) is 0 Å². The highest BCUT2D eigenvalue weighted by Gasteiger charge is 2.40. The summed E-state index contributed by atoms with van der Waals surface area (Å²) >= 11 is 5.98. The monoisotopic (exact) mass is 334 g/mol. The Morgan fingerprint density at radius 1 is 1.17 bits per heavy atom. The van der Waals surface area contributed by atoms with E-state index in [-0.39, 0.29) is 5.41 Å². The molecule has 2 heterocycles. The van der Waals surface area contributed by atoms with Crippen LogP contribution in [0.15, 0.2) is 43.0 Å². The van der Waals surface area contributed by atoms with Gasteiger partial charge in [-0.3, -0.25) is 0 Å². The van der Waals surface area contributed by atoms with Gasteiger partial charge in [-0.25, -0.2) is 4.98 Å². The summed E-state index contributed by atoms with van der Waals surface area (Å²) < 4.78 is 14.5. The number of halogens is 1. The normalized spacial score (nSPS) is 19.6. The minimum absolute atomic E-state index is 0.0541. The number of rotatable bonds is 5. The Bertz CT molecular complexity index is 613. The van der Waals surface area contributed by atoms with E-state index in [4.69, 9.17) is 21.1 Å². The third-order valence-electron chi connectivity index (χ3n) is 4.15. The first-order valence-electron chi connectivity index (χ1n) is 7.95. The van der Waals surface area contributed by atoms with Crippen LogP contribution in [0.5, 0.6) is 0 Å². The quantitative estimate of drug-likeness (QED) is 0.831. The van der Waals surface area contributed by atoms with Crippen LogP contribution in [-0.2, 0) is 22.4 Å². The fraction of sp³-hybridized carbons (Fsp3) is 0.500. The van der Waals surface area contributed by atoms with Crippen LogP contribution in [0.25, 0.3) is 0 Å². The van der Waals surface area contributed by atoms with Crippen molar-refractivity contribution in [3.63, 3.8) is 0 Å². The van der Waals surface area contributed by atoms with Crippen LogP contribution < -0.4 is 0 Å². The van der Waals surface area contributed by atoms with Gasteiger partial charge in [0.25, 0.3) is 0 Å². The summed E-state index contributed by atoms with van der Waals surface area (Å²) in [6.45, 7) is 6.53. The van der Waals surface area contributed by atoms with Crippen molar-refractivity contribution in [2.24, 2.45) is 5.41 Å². The Labute approximate surface area is 142 Å². The summed E-state index contributed by atoms with van der Waals surface area (Å²) in [5.74, 6) is -0.590. The largest absolute Gasteiger partial charge is 0.349 e. The van der Waals surface area contributed by atoms with Crippen molar-refractivity contribution in [2.45, 2.75) is 39.0 Å². The Morgan fingerprint density at radius 2 is 1.87 bits per heavy atom. The molecule has 0 bridgehead atoms. The van der Waals surface area contributed by atoms with Crippen molar-refractivity contribution in [3.05, 3.63) is 53.6 Å². The molecule has 0 unspecified atom stereocenters. The van der Waals surface area contributed by atoms with E-state index in [1.54, 1.807) is 6.20 Å². The molecule has 3 rings (SSSR count). The highest BCUT2D eigenvalue weighted by atomic mass is 35.5. The number of hydrogen-bond donors (Lipinski definition) is 0. The van der Waals surface area contributed by atoms with Gasteiger partial charge in [-0.05, 0) is 17.7 Å². The topological polar surface area (TPSA) is 36.3 Å². The summed E-state index contributed by atoms with van der Waals surface area (Å²) in [6.07, 6.45) is 7.07. The van der Waals surface area contributed by atoms with Crippen LogP contribution in [0, 0.1) is 5.41 Å². The molecule has 124 valence electrons. The zero-order chi connectivity index (χ0) is 16.3. The Balaban J connectivity index is 1.74. The molecular weight excluding hydrogens is 312 g/mol. The number of hydrogen-bond acceptors (Lipinski definition) is 3. The summed E-state index contributed by atoms with van der Waals surface area (Å²) in [4.78, 5) is 4.09. The van der Waals surface area contributed by atoms with Crippen LogP contribution in [0.2, 0.25) is 5.02 Å². The van der Waals surface area contributed by atoms with E-state index in [0.717, 1.165) is 24.4 Å². The maximum Gasteiger partial charge on any atom is 0.174 e. The fourth-order valence-electron chi connectivity index (χ4n) is 2.70. The van der Waals surface area contributed by atoms with E-state index in [0.29, 0.717) is 13.2 Å². The van der Waals surface area contributed by atoms with E-state index in [1.807, 2.05) is 36.8 Å². The second kappa shape index (κ2) is 6.63. The van der Waals surface area contributed by atoms with Gasteiger partial charge in [0, 0.05) is 42.2 Å². The average Bonchev–Trinajstić information content (AvgIpc) is 3.04. The molecule has 0 amide bonds. The summed E-state index contributed by atoms with van der Waals surface area (Å²) in [7, 11) is 0. The lowest BCUT2D eigenvalue weighted by Gasteiger charge is -2.43. The second-order valence-corrected chi connectivity index (χ2v) is 7.44. The standard InChI is InChI=1S/C18H23ClN2O2/c1-17(2)12-22-18(23-13-17,7-9-21-10-8-20-14-21)11-15-3-5-16(19)6-4-15/h3-6,8,10,14H,7,9,11-13H2,1-2H3. The predicted octanol–water partition coefficient (Wildman–Crippen LogP) is 3.94. The minimum atomic E-state index is -0.590. The molecule has 4 nitrogen and oxygen atoms in total. The second-order valence-electron chi connectivity index (χ2n) is 7.01. The number of aromatic nitrogens is 2. The molecule has 1 aliphatic heterocycles. The highest BCUT2D eigenvalue weighted by molar-refractivity contribution is 6.30. The van der Waals surface area contributed by atoms with Gasteiger partial charge in [-0.1, -0.05) is 37.6 Å². The van der Waals surface area contributed by atoms with Crippen LogP contribution >= 0.6 is 11.6 Å². The van der Waals surface area contributed by atoms with Crippen LogP contribution in [-0.4, -0.2) is 28.6 Å². The molecule has 2 aromatic rings. The first kappa shape index (κ1) is 16.5. The lowest BCUT2D eigenvalue weighted by Crippen LogP contribution is -2.49. The van der Waals surface area contributed by atoms with Crippen molar-refractivity contribution >= 4 is 11.6 Å². The number of nitrogens with zero attached hydrogens (tertiary/aromatic N) is 2. The van der Waals surface area contributed by atoms with Crippen molar-refractivity contribution < 1.29 is 9.47 Å². The lowest BCUT2D eigenvalue weighted by molar-refractivity contribution is -0.301. The average molecular weight is 335 g/mol. The Morgan fingerprint density at radius 3 is 2.48 bits per heavy atom. The molecule has 0 aliphatic carbocycles. The fourth-order valence-corrected chi connectivity index (χ4v) is 2.83. The SMILES string of the molecule is CC1(C)COC(CCn2ccnc2)(Cc2ccc(Cl)cc2)OC1. The van der Waals surface area contributed by atoms with Gasteiger partial charge < -0.3 is 14.0 Å². The van der Waals surface area contributed by atoms with E-state index < -0.39 is 5.79 Å². The number of imidazole rings is 1. The molecule has 0 atom stereocenters. The Hall–Kier alpha value is -1.36. The maximum absolute atomic E-state index is 6.22. The zero-order valence-electron chi connectivity index (χ0n) is 13.7. The van der Waals surface area contributed by atoms with Gasteiger partial charge in [0.2, 0.25) is 0 Å². The van der Waals surface area contributed by atoms with Crippen molar-refractivity contribution in [3.8, 4) is 0 Å². The molecule has 1 fully saturated rings. The highest BCUT2D eigenvalue weighted by Crippen LogP contribution is 2.34. The molecule has 0 radical (unpaired) electrons. The van der Waals surface area contributed by atoms with E-state index in [9.17, 15) is 0 Å². The number of ether oxygens (including phenoxy) is 2. The Kier molecular flexibility index (Phi) is 4.76. The summed E-state index contributed by atoms with van der Waals surface area (Å²) in [5.41, 5.74) is 1.22. The van der Waals surface area contributed by atoms with Gasteiger partial charge in [-0.2, -0.15) is 0 Å². The maximum atomic E-state index is 6.22. The van der Waals surface area contributed by atoms with Crippen LogP contribution in [0.3, 0.4) is 0 Å². The zero-order valence-corrected chi connectivity index (χ0v) is 14.4. The minimum Gasteiger partial charge on any atom is -0.349 e. The molecule has 5 heteroatoms. The molecule has 0 spiro atoms. The van der Waals surface area contributed by atoms with E-state index in [2.05, 4.69) is 23.4 Å². The van der Waals surface area contributed by atoms with Crippen molar-refractivity contribution in [2.75, 3.05) is 13.2 Å². The van der Waals surface area contributed by atoms with Gasteiger partial charge >= 0.3 is 0 Å². The predicted molar refractivity (Wildman–Crippen MR) is 90.4 cm³/mol. The summed E-state index contributed by atoms with van der Waals surface area (Å²) in [6, 6.07) is 7.89. The molecular formula is C18H23ClN2O2. The van der Waals surface area contributed by atoms with Gasteiger partial charge in [0.15, 0.2) is 5.79 Å². The van der Waals surface area contributed by atoms with E-state index >= 15 is 0 Å². The van der Waals surface area contributed by atoms with Gasteiger partial charge in [0.05, 0.1) is 19.5 Å². The molecule has 1 aliphatic rings. The van der Waals surface area contributed by atoms with E-state index in [1.165, 1.54) is 5.56 Å². The van der Waals surface area contributed by atoms with Crippen molar-refractivity contribution in [1.29, 1.82) is 0 Å². The lowest BCUT2D eigenvalue weighted by atomic mass is 9.92. The van der Waals surface area contributed by atoms with Crippen molar-refractivity contribution in [1.82, 2.24) is 9.55 Å². The van der Waals surface area contributed by atoms with Gasteiger partial charge in [-0.15, -0.1) is 0 Å². The number of aryl methyl sites for hydroxylation is 1. The molecule has 1 saturated heterocycles. The summed E-state index contributed by atoms with van der Waals surface area (Å²) in [5, 5.41) is 0.743. The molecule has 23 heavy (non-hydrogen) atoms. The molecule has 0 saturated carbocycles. The molecule has 0 N–H and O–H groups in total. The van der Waals surface area contributed by atoms with Crippen LogP contribution in [0.4, 0.5) is 0 Å². The molecule has 1 aromatic heterocycles. The third kappa shape index (κ3) is 4.34. The third-order valence-corrected chi connectivity index (χ3v) is 4.40.